The van der Waals surface area contributed by atoms with Crippen LogP contribution in [0.4, 0.5) is 5.82 Å². The molecule has 0 bridgehead atoms. The largest absolute Gasteiger partial charge is 0.467 e. The third-order valence-electron chi connectivity index (χ3n) is 3.59. The van der Waals surface area contributed by atoms with Crippen LogP contribution in [0.25, 0.3) is 0 Å². The van der Waals surface area contributed by atoms with Crippen LogP contribution < -0.4 is 5.32 Å². The van der Waals surface area contributed by atoms with E-state index in [4.69, 9.17) is 4.74 Å². The molecule has 1 aliphatic carbocycles. The van der Waals surface area contributed by atoms with Crippen molar-refractivity contribution in [1.29, 1.82) is 5.26 Å². The number of nitriles is 1. The molecule has 1 unspecified atom stereocenters. The molecule has 0 spiro atoms. The summed E-state index contributed by atoms with van der Waals surface area (Å²) in [4.78, 5) is 16.3. The van der Waals surface area contributed by atoms with Crippen LogP contribution in [-0.2, 0) is 22.4 Å². The molecule has 0 aliphatic heterocycles. The molecule has 0 fully saturated rings. The second-order valence-corrected chi connectivity index (χ2v) is 5.34. The molecular weight excluding hydrogens is 254 g/mol. The fourth-order valence-electron chi connectivity index (χ4n) is 2.44. The predicted molar refractivity (Wildman–Crippen MR) is 75.2 cm³/mol. The van der Waals surface area contributed by atoms with Crippen LogP contribution in [0, 0.1) is 17.2 Å². The van der Waals surface area contributed by atoms with E-state index in [-0.39, 0.29) is 11.9 Å². The van der Waals surface area contributed by atoms with Crippen molar-refractivity contribution in [1.82, 2.24) is 4.98 Å². The van der Waals surface area contributed by atoms with Gasteiger partial charge >= 0.3 is 5.97 Å². The SMILES string of the molecule is COC(=O)C(Nc1nc2c(cc1C#N)CCC2)C(C)C. The summed E-state index contributed by atoms with van der Waals surface area (Å²) in [6.45, 7) is 3.85. The predicted octanol–water partition coefficient (Wildman–Crippen LogP) is 2.05. The van der Waals surface area contributed by atoms with Crippen LogP contribution in [0.2, 0.25) is 0 Å². The lowest BCUT2D eigenvalue weighted by molar-refractivity contribution is -0.142. The van der Waals surface area contributed by atoms with Gasteiger partial charge in [-0.05, 0) is 36.8 Å². The van der Waals surface area contributed by atoms with E-state index in [0.717, 1.165) is 30.5 Å². The van der Waals surface area contributed by atoms with E-state index in [1.165, 1.54) is 7.11 Å². The van der Waals surface area contributed by atoms with Crippen molar-refractivity contribution in [3.8, 4) is 6.07 Å². The third-order valence-corrected chi connectivity index (χ3v) is 3.59. The molecule has 20 heavy (non-hydrogen) atoms. The quantitative estimate of drug-likeness (QED) is 0.850. The zero-order valence-corrected chi connectivity index (χ0v) is 12.1. The van der Waals surface area contributed by atoms with Gasteiger partial charge in [0.25, 0.3) is 0 Å². The van der Waals surface area contributed by atoms with Crippen LogP contribution in [-0.4, -0.2) is 24.1 Å². The Morgan fingerprint density at radius 1 is 1.50 bits per heavy atom. The number of carbonyl (C=O) groups is 1. The molecule has 106 valence electrons. The van der Waals surface area contributed by atoms with E-state index >= 15 is 0 Å². The fourth-order valence-corrected chi connectivity index (χ4v) is 2.44. The molecule has 1 heterocycles. The van der Waals surface area contributed by atoms with Gasteiger partial charge < -0.3 is 10.1 Å². The number of fused-ring (bicyclic) bond motifs is 1. The highest BCUT2D eigenvalue weighted by Crippen LogP contribution is 2.26. The minimum absolute atomic E-state index is 0.0454. The number of nitrogens with zero attached hydrogens (tertiary/aromatic N) is 2. The van der Waals surface area contributed by atoms with E-state index in [1.807, 2.05) is 19.9 Å². The number of carbonyl (C=O) groups excluding carboxylic acids is 1. The Kier molecular flexibility index (Phi) is 4.23. The minimum atomic E-state index is -0.501. The normalized spacial score (nSPS) is 14.6. The average Bonchev–Trinajstić information content (AvgIpc) is 2.89. The number of aryl methyl sites for hydroxylation is 2. The Hall–Kier alpha value is -2.09. The van der Waals surface area contributed by atoms with Crippen LogP contribution in [0.15, 0.2) is 6.07 Å². The number of esters is 1. The standard InChI is InChI=1S/C15H19N3O2/c1-9(2)13(15(19)20-3)18-14-11(8-16)7-10-5-4-6-12(10)17-14/h7,9,13H,4-6H2,1-3H3,(H,17,18). The number of anilines is 1. The van der Waals surface area contributed by atoms with Gasteiger partial charge in [-0.2, -0.15) is 5.26 Å². The van der Waals surface area contributed by atoms with Gasteiger partial charge in [0, 0.05) is 5.69 Å². The Bertz CT molecular complexity index is 561. The van der Waals surface area contributed by atoms with Gasteiger partial charge in [0.15, 0.2) is 0 Å². The molecule has 1 aromatic rings. The van der Waals surface area contributed by atoms with Gasteiger partial charge in [-0.15, -0.1) is 0 Å². The molecule has 0 aromatic carbocycles. The summed E-state index contributed by atoms with van der Waals surface area (Å²) < 4.78 is 4.80. The first-order chi connectivity index (χ1) is 9.56. The maximum atomic E-state index is 11.8. The molecule has 5 nitrogen and oxygen atoms in total. The van der Waals surface area contributed by atoms with E-state index in [9.17, 15) is 10.1 Å². The van der Waals surface area contributed by atoms with E-state index in [2.05, 4.69) is 16.4 Å². The van der Waals surface area contributed by atoms with E-state index < -0.39 is 6.04 Å². The zero-order valence-electron chi connectivity index (χ0n) is 12.1. The first kappa shape index (κ1) is 14.3. The Labute approximate surface area is 119 Å². The lowest BCUT2D eigenvalue weighted by Gasteiger charge is -2.21. The van der Waals surface area contributed by atoms with Crippen molar-refractivity contribution in [3.63, 3.8) is 0 Å². The minimum Gasteiger partial charge on any atom is -0.467 e. The Balaban J connectivity index is 2.32. The van der Waals surface area contributed by atoms with Gasteiger partial charge in [0.1, 0.15) is 17.9 Å². The molecule has 0 saturated heterocycles. The second kappa shape index (κ2) is 5.91. The van der Waals surface area contributed by atoms with Crippen molar-refractivity contribution in [3.05, 3.63) is 22.9 Å². The number of pyridine rings is 1. The summed E-state index contributed by atoms with van der Waals surface area (Å²) >= 11 is 0. The third kappa shape index (κ3) is 2.74. The Morgan fingerprint density at radius 2 is 2.25 bits per heavy atom. The summed E-state index contributed by atoms with van der Waals surface area (Å²) in [5.41, 5.74) is 2.66. The van der Waals surface area contributed by atoms with Crippen molar-refractivity contribution < 1.29 is 9.53 Å². The number of ether oxygens (including phenoxy) is 1. The molecule has 2 rings (SSSR count). The smallest absolute Gasteiger partial charge is 0.328 e. The van der Waals surface area contributed by atoms with Gasteiger partial charge in [-0.3, -0.25) is 0 Å². The first-order valence-corrected chi connectivity index (χ1v) is 6.84. The summed E-state index contributed by atoms with van der Waals surface area (Å²) in [5.74, 6) is 0.187. The molecule has 0 radical (unpaired) electrons. The Morgan fingerprint density at radius 3 is 2.85 bits per heavy atom. The van der Waals surface area contributed by atoms with Crippen molar-refractivity contribution in [2.75, 3.05) is 12.4 Å². The van der Waals surface area contributed by atoms with Gasteiger partial charge in [0.2, 0.25) is 0 Å². The summed E-state index contributed by atoms with van der Waals surface area (Å²) in [6, 6.07) is 3.53. The molecular formula is C15H19N3O2. The van der Waals surface area contributed by atoms with Crippen molar-refractivity contribution in [2.45, 2.75) is 39.2 Å². The zero-order chi connectivity index (χ0) is 14.7. The number of rotatable bonds is 4. The molecule has 1 atom stereocenters. The molecule has 0 saturated carbocycles. The number of hydrogen-bond acceptors (Lipinski definition) is 5. The fraction of sp³-hybridized carbons (Fsp3) is 0.533. The molecule has 5 heteroatoms. The summed E-state index contributed by atoms with van der Waals surface area (Å²) in [7, 11) is 1.36. The topological polar surface area (TPSA) is 75.0 Å². The average molecular weight is 273 g/mol. The highest BCUT2D eigenvalue weighted by Gasteiger charge is 2.25. The molecule has 1 aliphatic rings. The number of nitrogens with one attached hydrogen (secondary N) is 1. The van der Waals surface area contributed by atoms with Crippen molar-refractivity contribution in [2.24, 2.45) is 5.92 Å². The van der Waals surface area contributed by atoms with Gasteiger partial charge in [0.05, 0.1) is 12.7 Å². The number of hydrogen-bond donors (Lipinski definition) is 1. The van der Waals surface area contributed by atoms with Crippen LogP contribution in [0.1, 0.15) is 37.1 Å². The number of methoxy groups -OCH3 is 1. The molecule has 0 amide bonds. The summed E-state index contributed by atoms with van der Waals surface area (Å²) in [5, 5.41) is 12.3. The lowest BCUT2D eigenvalue weighted by Crippen LogP contribution is -2.36. The maximum Gasteiger partial charge on any atom is 0.328 e. The summed E-state index contributed by atoms with van der Waals surface area (Å²) in [6.07, 6.45) is 2.98. The van der Waals surface area contributed by atoms with E-state index in [0.29, 0.717) is 11.4 Å². The maximum absolute atomic E-state index is 11.8. The lowest BCUT2D eigenvalue weighted by atomic mass is 10.0. The van der Waals surface area contributed by atoms with E-state index in [1.54, 1.807) is 0 Å². The second-order valence-electron chi connectivity index (χ2n) is 5.34. The van der Waals surface area contributed by atoms with Crippen LogP contribution in [0.5, 0.6) is 0 Å². The highest BCUT2D eigenvalue weighted by atomic mass is 16.5. The monoisotopic (exact) mass is 273 g/mol. The molecule has 1 aromatic heterocycles. The van der Waals surface area contributed by atoms with Crippen LogP contribution >= 0.6 is 0 Å². The van der Waals surface area contributed by atoms with Gasteiger partial charge in [-0.1, -0.05) is 13.8 Å². The van der Waals surface area contributed by atoms with Gasteiger partial charge in [-0.25, -0.2) is 9.78 Å². The molecule has 1 N–H and O–H groups in total. The van der Waals surface area contributed by atoms with Crippen LogP contribution in [0.3, 0.4) is 0 Å². The number of aromatic nitrogens is 1. The first-order valence-electron chi connectivity index (χ1n) is 6.84. The highest BCUT2D eigenvalue weighted by molar-refractivity contribution is 5.79. The van der Waals surface area contributed by atoms with Crippen molar-refractivity contribution >= 4 is 11.8 Å².